The van der Waals surface area contributed by atoms with E-state index in [0.717, 1.165) is 24.8 Å². The predicted octanol–water partition coefficient (Wildman–Crippen LogP) is 4.09. The average Bonchev–Trinajstić information content (AvgIpc) is 2.83. The van der Waals surface area contributed by atoms with E-state index in [1.54, 1.807) is 6.08 Å². The molecular weight excluding hydrogens is 342 g/mol. The highest BCUT2D eigenvalue weighted by atomic mass is 32.2. The van der Waals surface area contributed by atoms with Crippen LogP contribution in [-0.2, 0) is 16.0 Å². The zero-order valence-electron chi connectivity index (χ0n) is 13.8. The van der Waals surface area contributed by atoms with Crippen molar-refractivity contribution in [1.82, 2.24) is 4.90 Å². The number of carbonyl (C=O) groups is 2. The number of thioether (sulfide) groups is 1. The number of benzene rings is 1. The number of unbranched alkanes of at least 4 members (excludes halogenated alkanes) is 1. The molecule has 1 atom stereocenters. The van der Waals surface area contributed by atoms with E-state index >= 15 is 0 Å². The number of aliphatic carboxylic acids is 1. The van der Waals surface area contributed by atoms with Gasteiger partial charge in [0.2, 0.25) is 0 Å². The maximum Gasteiger partial charge on any atom is 0.326 e. The molecule has 0 aromatic heterocycles. The molecule has 1 aromatic carbocycles. The Morgan fingerprint density at radius 3 is 2.54 bits per heavy atom. The van der Waals surface area contributed by atoms with Crippen molar-refractivity contribution >= 4 is 46.3 Å². The summed E-state index contributed by atoms with van der Waals surface area (Å²) in [6, 6.07) is 7.07. The first-order valence-corrected chi connectivity index (χ1v) is 9.29. The van der Waals surface area contributed by atoms with Gasteiger partial charge in [0, 0.05) is 0 Å². The molecule has 1 saturated heterocycles. The lowest BCUT2D eigenvalue weighted by Crippen LogP contribution is -2.43. The lowest BCUT2D eigenvalue weighted by molar-refractivity contribution is -0.145. The average molecular weight is 364 g/mol. The third-order valence-electron chi connectivity index (χ3n) is 3.94. The predicted molar refractivity (Wildman–Crippen MR) is 102 cm³/mol. The van der Waals surface area contributed by atoms with Crippen LogP contribution in [0.3, 0.4) is 0 Å². The Labute approximate surface area is 151 Å². The molecule has 1 heterocycles. The highest BCUT2D eigenvalue weighted by Gasteiger charge is 2.40. The molecule has 1 amide bonds. The van der Waals surface area contributed by atoms with Gasteiger partial charge in [-0.2, -0.15) is 0 Å². The number of amides is 1. The van der Waals surface area contributed by atoms with Crippen molar-refractivity contribution in [1.29, 1.82) is 0 Å². The van der Waals surface area contributed by atoms with E-state index in [-0.39, 0.29) is 5.91 Å². The first-order chi connectivity index (χ1) is 11.5. The van der Waals surface area contributed by atoms with E-state index in [1.807, 2.05) is 31.2 Å². The monoisotopic (exact) mass is 363 g/mol. The van der Waals surface area contributed by atoms with Gasteiger partial charge in [0.15, 0.2) is 0 Å². The summed E-state index contributed by atoms with van der Waals surface area (Å²) in [5.74, 6) is -1.32. The van der Waals surface area contributed by atoms with Crippen molar-refractivity contribution in [3.8, 4) is 0 Å². The van der Waals surface area contributed by atoms with E-state index in [9.17, 15) is 14.7 Å². The van der Waals surface area contributed by atoms with Gasteiger partial charge < -0.3 is 5.11 Å². The molecule has 0 spiro atoms. The SMILES string of the molecule is CCCCC(C(=O)O)N1C(=O)C(=Cc2ccc(CC)cc2)SC1=S. The molecule has 1 N–H and O–H groups in total. The van der Waals surface area contributed by atoms with E-state index in [2.05, 4.69) is 6.92 Å². The lowest BCUT2D eigenvalue weighted by Gasteiger charge is -2.22. The van der Waals surface area contributed by atoms with E-state index in [1.165, 1.54) is 22.2 Å². The van der Waals surface area contributed by atoms with Crippen molar-refractivity contribution < 1.29 is 14.7 Å². The fraction of sp³-hybridized carbons (Fsp3) is 0.389. The van der Waals surface area contributed by atoms with Gasteiger partial charge in [-0.3, -0.25) is 9.69 Å². The van der Waals surface area contributed by atoms with E-state index in [0.29, 0.717) is 15.6 Å². The number of thiocarbonyl (C=S) groups is 1. The van der Waals surface area contributed by atoms with Gasteiger partial charge in [0.1, 0.15) is 10.4 Å². The molecule has 0 aliphatic carbocycles. The highest BCUT2D eigenvalue weighted by molar-refractivity contribution is 8.26. The summed E-state index contributed by atoms with van der Waals surface area (Å²) in [6.45, 7) is 4.07. The van der Waals surface area contributed by atoms with Gasteiger partial charge in [-0.25, -0.2) is 4.79 Å². The zero-order valence-corrected chi connectivity index (χ0v) is 15.5. The molecule has 1 aliphatic heterocycles. The fourth-order valence-electron chi connectivity index (χ4n) is 2.51. The Morgan fingerprint density at radius 2 is 2.00 bits per heavy atom. The summed E-state index contributed by atoms with van der Waals surface area (Å²) in [6.07, 6.45) is 4.76. The summed E-state index contributed by atoms with van der Waals surface area (Å²) < 4.78 is 0.319. The third-order valence-corrected chi connectivity index (χ3v) is 5.27. The first kappa shape index (κ1) is 18.7. The van der Waals surface area contributed by atoms with Crippen molar-refractivity contribution in [2.45, 2.75) is 45.6 Å². The van der Waals surface area contributed by atoms with Crippen LogP contribution in [0.1, 0.15) is 44.2 Å². The molecule has 4 nitrogen and oxygen atoms in total. The number of hydrogen-bond acceptors (Lipinski definition) is 4. The van der Waals surface area contributed by atoms with E-state index < -0.39 is 12.0 Å². The van der Waals surface area contributed by atoms with Gasteiger partial charge >= 0.3 is 5.97 Å². The Balaban J connectivity index is 2.23. The van der Waals surface area contributed by atoms with Gasteiger partial charge in [0.05, 0.1) is 4.91 Å². The molecule has 6 heteroatoms. The van der Waals surface area contributed by atoms with Crippen LogP contribution in [0, 0.1) is 0 Å². The number of aryl methyl sites for hydroxylation is 1. The standard InChI is InChI=1S/C18H21NO3S2/c1-3-5-6-14(17(21)22)19-16(20)15(24-18(19)23)11-13-9-7-12(4-2)8-10-13/h7-11,14H,3-6H2,1-2H3,(H,21,22). The maximum absolute atomic E-state index is 12.6. The molecule has 1 aliphatic rings. The molecule has 1 aromatic rings. The van der Waals surface area contributed by atoms with Gasteiger partial charge in [-0.15, -0.1) is 0 Å². The smallest absolute Gasteiger partial charge is 0.326 e. The Hall–Kier alpha value is -1.66. The Morgan fingerprint density at radius 1 is 1.33 bits per heavy atom. The second-order valence-corrected chi connectivity index (χ2v) is 7.32. The van der Waals surface area contributed by atoms with Crippen LogP contribution >= 0.6 is 24.0 Å². The number of rotatable bonds is 7. The highest BCUT2D eigenvalue weighted by Crippen LogP contribution is 2.35. The van der Waals surface area contributed by atoms with Crippen LogP contribution in [0.15, 0.2) is 29.2 Å². The van der Waals surface area contributed by atoms with Crippen LogP contribution < -0.4 is 0 Å². The van der Waals surface area contributed by atoms with Gasteiger partial charge in [-0.05, 0) is 30.0 Å². The normalized spacial score (nSPS) is 17.6. The summed E-state index contributed by atoms with van der Waals surface area (Å²) in [7, 11) is 0. The molecule has 24 heavy (non-hydrogen) atoms. The molecule has 128 valence electrons. The third kappa shape index (κ3) is 4.24. The molecule has 0 bridgehead atoms. The quantitative estimate of drug-likeness (QED) is 0.584. The fourth-order valence-corrected chi connectivity index (χ4v) is 3.87. The van der Waals surface area contributed by atoms with Crippen molar-refractivity contribution in [3.63, 3.8) is 0 Å². The lowest BCUT2D eigenvalue weighted by atomic mass is 10.1. The first-order valence-electron chi connectivity index (χ1n) is 8.06. The minimum absolute atomic E-state index is 0.312. The summed E-state index contributed by atoms with van der Waals surface area (Å²) >= 11 is 6.43. The van der Waals surface area contributed by atoms with Crippen LogP contribution in [0.5, 0.6) is 0 Å². The zero-order chi connectivity index (χ0) is 17.7. The number of hydrogen-bond donors (Lipinski definition) is 1. The summed E-state index contributed by atoms with van der Waals surface area (Å²) in [4.78, 5) is 25.9. The molecular formula is C18H21NO3S2. The topological polar surface area (TPSA) is 57.6 Å². The number of carboxylic acids is 1. The minimum atomic E-state index is -1.01. The van der Waals surface area contributed by atoms with Crippen LogP contribution in [0.2, 0.25) is 0 Å². The van der Waals surface area contributed by atoms with Crippen LogP contribution in [-0.4, -0.2) is 32.2 Å². The Bertz CT molecular complexity index is 667. The summed E-state index contributed by atoms with van der Waals surface area (Å²) in [5.41, 5.74) is 2.14. The van der Waals surface area contributed by atoms with Crippen molar-refractivity contribution in [2.75, 3.05) is 0 Å². The molecule has 1 unspecified atom stereocenters. The van der Waals surface area contributed by atoms with Crippen molar-refractivity contribution in [3.05, 3.63) is 40.3 Å². The molecule has 0 saturated carbocycles. The molecule has 0 radical (unpaired) electrons. The van der Waals surface area contributed by atoms with Gasteiger partial charge in [-0.1, -0.05) is 74.9 Å². The number of nitrogens with zero attached hydrogens (tertiary/aromatic N) is 1. The largest absolute Gasteiger partial charge is 0.480 e. The second kappa shape index (κ2) is 8.44. The minimum Gasteiger partial charge on any atom is -0.480 e. The van der Waals surface area contributed by atoms with Crippen molar-refractivity contribution in [2.24, 2.45) is 0 Å². The second-order valence-electron chi connectivity index (χ2n) is 5.64. The van der Waals surface area contributed by atoms with Gasteiger partial charge in [0.25, 0.3) is 5.91 Å². The number of carbonyl (C=O) groups excluding carboxylic acids is 1. The molecule has 2 rings (SSSR count). The van der Waals surface area contributed by atoms with Crippen LogP contribution in [0.25, 0.3) is 6.08 Å². The summed E-state index contributed by atoms with van der Waals surface area (Å²) in [5, 5.41) is 9.45. The number of carboxylic acid groups (broad SMARTS) is 1. The van der Waals surface area contributed by atoms with Crippen LogP contribution in [0.4, 0.5) is 0 Å². The molecule has 1 fully saturated rings. The Kier molecular flexibility index (Phi) is 6.57. The van der Waals surface area contributed by atoms with E-state index in [4.69, 9.17) is 12.2 Å². The maximum atomic E-state index is 12.6.